The molecule has 1 atom stereocenters. The lowest BCUT2D eigenvalue weighted by Crippen LogP contribution is -2.54. The zero-order valence-electron chi connectivity index (χ0n) is 12.5. The molecule has 0 saturated carbocycles. The lowest BCUT2D eigenvalue weighted by Gasteiger charge is -2.36. The fraction of sp³-hybridized carbons (Fsp3) is 0.643. The first-order valence-electron chi connectivity index (χ1n) is 6.87. The minimum absolute atomic E-state index is 0. The van der Waals surface area contributed by atoms with Crippen LogP contribution in [0.3, 0.4) is 0 Å². The van der Waals surface area contributed by atoms with Crippen molar-refractivity contribution in [3.63, 3.8) is 0 Å². The molecule has 0 aliphatic carbocycles. The molecule has 0 aromatic carbocycles. The van der Waals surface area contributed by atoms with Crippen LogP contribution in [0.2, 0.25) is 0 Å². The van der Waals surface area contributed by atoms with Crippen molar-refractivity contribution in [2.45, 2.75) is 26.4 Å². The molecule has 2 rings (SSSR count). The lowest BCUT2D eigenvalue weighted by molar-refractivity contribution is -0.135. The fourth-order valence-corrected chi connectivity index (χ4v) is 2.99. The third-order valence-corrected chi connectivity index (χ3v) is 4.51. The average Bonchev–Trinajstić information content (AvgIpc) is 2.90. The number of rotatable bonds is 4. The maximum Gasteiger partial charge on any atom is 0.239 e. The first-order chi connectivity index (χ1) is 9.08. The number of amides is 1. The number of hydrogen-bond acceptors (Lipinski definition) is 4. The Morgan fingerprint density at radius 3 is 2.38 bits per heavy atom. The van der Waals surface area contributed by atoms with Crippen molar-refractivity contribution in [1.29, 1.82) is 0 Å². The highest BCUT2D eigenvalue weighted by Gasteiger charge is 2.26. The monoisotopic (exact) mass is 353 g/mol. The van der Waals surface area contributed by atoms with Crippen LogP contribution in [0, 0.1) is 5.92 Å². The van der Waals surface area contributed by atoms with E-state index in [9.17, 15) is 4.79 Å². The zero-order chi connectivity index (χ0) is 13.8. The van der Waals surface area contributed by atoms with Crippen LogP contribution in [0.4, 0.5) is 0 Å². The van der Waals surface area contributed by atoms with E-state index in [4.69, 9.17) is 5.73 Å². The number of carbonyl (C=O) groups excluding carboxylic acids is 1. The van der Waals surface area contributed by atoms with E-state index in [0.29, 0.717) is 0 Å². The number of hydrogen-bond donors (Lipinski definition) is 1. The molecule has 1 aliphatic rings. The average molecular weight is 354 g/mol. The third-order valence-electron chi connectivity index (χ3n) is 3.65. The number of nitrogens with zero attached hydrogens (tertiary/aromatic N) is 2. The van der Waals surface area contributed by atoms with E-state index in [1.807, 2.05) is 18.7 Å². The second kappa shape index (κ2) is 9.64. The SMILES string of the molecule is CC(C)[C@H](N)C(=O)N1CCN(Cc2cccs2)CC1.Cl.Cl. The van der Waals surface area contributed by atoms with E-state index in [-0.39, 0.29) is 42.7 Å². The predicted octanol–water partition coefficient (Wildman–Crippen LogP) is 2.22. The summed E-state index contributed by atoms with van der Waals surface area (Å²) < 4.78 is 0. The van der Waals surface area contributed by atoms with Gasteiger partial charge in [-0.3, -0.25) is 9.69 Å². The second-order valence-electron chi connectivity index (χ2n) is 5.45. The Morgan fingerprint density at radius 1 is 1.29 bits per heavy atom. The summed E-state index contributed by atoms with van der Waals surface area (Å²) in [6.45, 7) is 8.46. The summed E-state index contributed by atoms with van der Waals surface area (Å²) in [4.78, 5) is 17.8. The Labute approximate surface area is 143 Å². The van der Waals surface area contributed by atoms with Crippen molar-refractivity contribution in [2.24, 2.45) is 11.7 Å². The highest BCUT2D eigenvalue weighted by Crippen LogP contribution is 2.14. The summed E-state index contributed by atoms with van der Waals surface area (Å²) >= 11 is 1.79. The van der Waals surface area contributed by atoms with Crippen LogP contribution in [-0.2, 0) is 11.3 Å². The van der Waals surface area contributed by atoms with Crippen LogP contribution in [0.5, 0.6) is 0 Å². The van der Waals surface area contributed by atoms with Gasteiger partial charge in [-0.25, -0.2) is 0 Å². The van der Waals surface area contributed by atoms with Crippen LogP contribution >= 0.6 is 36.2 Å². The summed E-state index contributed by atoms with van der Waals surface area (Å²) in [6, 6.07) is 3.89. The van der Waals surface area contributed by atoms with Gasteiger partial charge in [-0.15, -0.1) is 36.2 Å². The van der Waals surface area contributed by atoms with Crippen LogP contribution in [0.1, 0.15) is 18.7 Å². The minimum atomic E-state index is -0.358. The van der Waals surface area contributed by atoms with Crippen molar-refractivity contribution in [2.75, 3.05) is 26.2 Å². The number of nitrogens with two attached hydrogens (primary N) is 1. The molecular formula is C14H25Cl2N3OS. The normalized spacial score (nSPS) is 17.0. The first kappa shape index (κ1) is 20.7. The second-order valence-corrected chi connectivity index (χ2v) is 6.48. The third kappa shape index (κ3) is 5.75. The number of thiophene rings is 1. The van der Waals surface area contributed by atoms with Gasteiger partial charge >= 0.3 is 0 Å². The molecular weight excluding hydrogens is 329 g/mol. The first-order valence-corrected chi connectivity index (χ1v) is 7.75. The van der Waals surface area contributed by atoms with Crippen LogP contribution in [-0.4, -0.2) is 47.9 Å². The molecule has 4 nitrogen and oxygen atoms in total. The van der Waals surface area contributed by atoms with Gasteiger partial charge in [-0.05, 0) is 17.4 Å². The smallest absolute Gasteiger partial charge is 0.239 e. The van der Waals surface area contributed by atoms with Gasteiger partial charge in [-0.2, -0.15) is 0 Å². The molecule has 0 bridgehead atoms. The maximum atomic E-state index is 12.1. The van der Waals surface area contributed by atoms with Gasteiger partial charge < -0.3 is 10.6 Å². The molecule has 1 aromatic heterocycles. The number of carbonyl (C=O) groups is 1. The van der Waals surface area contributed by atoms with Crippen molar-refractivity contribution in [3.8, 4) is 0 Å². The Hall–Kier alpha value is -0.330. The summed E-state index contributed by atoms with van der Waals surface area (Å²) in [7, 11) is 0. The molecule has 2 heterocycles. The topological polar surface area (TPSA) is 49.6 Å². The van der Waals surface area contributed by atoms with E-state index in [1.54, 1.807) is 11.3 Å². The van der Waals surface area contributed by atoms with E-state index in [2.05, 4.69) is 22.4 Å². The van der Waals surface area contributed by atoms with Crippen LogP contribution < -0.4 is 5.73 Å². The molecule has 122 valence electrons. The van der Waals surface area contributed by atoms with Gasteiger partial charge in [0.25, 0.3) is 0 Å². The van der Waals surface area contributed by atoms with Gasteiger partial charge in [0.2, 0.25) is 5.91 Å². The quantitative estimate of drug-likeness (QED) is 0.902. The highest BCUT2D eigenvalue weighted by atomic mass is 35.5. The van der Waals surface area contributed by atoms with E-state index < -0.39 is 0 Å². The summed E-state index contributed by atoms with van der Waals surface area (Å²) in [5.74, 6) is 0.308. The molecule has 2 N–H and O–H groups in total. The Morgan fingerprint density at radius 2 is 1.90 bits per heavy atom. The molecule has 1 amide bonds. The zero-order valence-corrected chi connectivity index (χ0v) is 15.0. The largest absolute Gasteiger partial charge is 0.339 e. The van der Waals surface area contributed by atoms with Crippen molar-refractivity contribution >= 4 is 42.1 Å². The molecule has 7 heteroatoms. The van der Waals surface area contributed by atoms with Crippen molar-refractivity contribution in [3.05, 3.63) is 22.4 Å². The molecule has 0 unspecified atom stereocenters. The fourth-order valence-electron chi connectivity index (χ4n) is 2.25. The van der Waals surface area contributed by atoms with Gasteiger partial charge in [0.15, 0.2) is 0 Å². The van der Waals surface area contributed by atoms with Crippen LogP contribution in [0.25, 0.3) is 0 Å². The van der Waals surface area contributed by atoms with Crippen LogP contribution in [0.15, 0.2) is 17.5 Å². The molecule has 0 spiro atoms. The Bertz CT molecular complexity index is 406. The highest BCUT2D eigenvalue weighted by molar-refractivity contribution is 7.09. The van der Waals surface area contributed by atoms with Gasteiger partial charge in [0.05, 0.1) is 6.04 Å². The van der Waals surface area contributed by atoms with E-state index in [1.165, 1.54) is 4.88 Å². The van der Waals surface area contributed by atoms with Gasteiger partial charge in [-0.1, -0.05) is 19.9 Å². The number of halogens is 2. The van der Waals surface area contributed by atoms with Crippen molar-refractivity contribution in [1.82, 2.24) is 9.80 Å². The Kier molecular flexibility index (Phi) is 9.49. The Balaban J connectivity index is 0.00000200. The molecule has 21 heavy (non-hydrogen) atoms. The van der Waals surface area contributed by atoms with E-state index >= 15 is 0 Å². The predicted molar refractivity (Wildman–Crippen MR) is 93.5 cm³/mol. The lowest BCUT2D eigenvalue weighted by atomic mass is 10.0. The standard InChI is InChI=1S/C14H23N3OS.2ClH/c1-11(2)13(15)14(18)17-7-5-16(6-8-17)10-12-4-3-9-19-12;;/h3-4,9,11,13H,5-8,10,15H2,1-2H3;2*1H/t13-;;/m0../s1. The van der Waals surface area contributed by atoms with Gasteiger partial charge in [0.1, 0.15) is 0 Å². The summed E-state index contributed by atoms with van der Waals surface area (Å²) in [6.07, 6.45) is 0. The van der Waals surface area contributed by atoms with E-state index in [0.717, 1.165) is 32.7 Å². The molecule has 0 radical (unpaired) electrons. The maximum absolute atomic E-state index is 12.1. The summed E-state index contributed by atoms with van der Waals surface area (Å²) in [5, 5.41) is 2.11. The molecule has 1 aliphatic heterocycles. The number of piperazine rings is 1. The van der Waals surface area contributed by atoms with Crippen molar-refractivity contribution < 1.29 is 4.79 Å². The molecule has 1 saturated heterocycles. The molecule has 1 aromatic rings. The molecule has 1 fully saturated rings. The summed E-state index contributed by atoms with van der Waals surface area (Å²) in [5.41, 5.74) is 5.93. The minimum Gasteiger partial charge on any atom is -0.339 e. The van der Waals surface area contributed by atoms with Gasteiger partial charge in [0, 0.05) is 37.6 Å².